The van der Waals surface area contributed by atoms with E-state index in [1.165, 1.54) is 12.1 Å². The highest BCUT2D eigenvalue weighted by molar-refractivity contribution is 7.17. The average Bonchev–Trinajstić information content (AvgIpc) is 3.30. The smallest absolute Gasteiger partial charge is 0.303 e. The summed E-state index contributed by atoms with van der Waals surface area (Å²) in [6, 6.07) is 11.6. The van der Waals surface area contributed by atoms with Crippen LogP contribution in [0.5, 0.6) is 5.75 Å². The Kier molecular flexibility index (Phi) is 7.97. The Morgan fingerprint density at radius 1 is 0.971 bits per heavy atom. The van der Waals surface area contributed by atoms with Crippen LogP contribution in [0.1, 0.15) is 52.8 Å². The van der Waals surface area contributed by atoms with Crippen molar-refractivity contribution < 1.29 is 28.6 Å². The summed E-state index contributed by atoms with van der Waals surface area (Å²) in [7, 11) is 0. The molecular formula is C26H27FN2O5S. The maximum Gasteiger partial charge on any atom is 0.303 e. The Morgan fingerprint density at radius 3 is 2.43 bits per heavy atom. The van der Waals surface area contributed by atoms with Crippen LogP contribution in [0.25, 0.3) is 10.1 Å². The number of halogens is 1. The maximum atomic E-state index is 14.5. The molecule has 0 unspecified atom stereocenters. The highest BCUT2D eigenvalue weighted by Gasteiger charge is 2.24. The maximum absolute atomic E-state index is 14.5. The van der Waals surface area contributed by atoms with Gasteiger partial charge in [-0.2, -0.15) is 0 Å². The molecule has 1 aliphatic carbocycles. The van der Waals surface area contributed by atoms with E-state index in [1.807, 2.05) is 23.6 Å². The van der Waals surface area contributed by atoms with Crippen molar-refractivity contribution >= 4 is 39.2 Å². The number of hydrogen-bond donors (Lipinski definition) is 3. The number of carbonyl (C=O) groups is 3. The van der Waals surface area contributed by atoms with Crippen molar-refractivity contribution in [3.05, 3.63) is 64.8 Å². The van der Waals surface area contributed by atoms with Gasteiger partial charge >= 0.3 is 5.97 Å². The van der Waals surface area contributed by atoms with Gasteiger partial charge in [-0.05, 0) is 78.8 Å². The van der Waals surface area contributed by atoms with Gasteiger partial charge in [-0.1, -0.05) is 0 Å². The minimum Gasteiger partial charge on any atom is -0.490 e. The van der Waals surface area contributed by atoms with E-state index in [2.05, 4.69) is 10.6 Å². The molecule has 0 atom stereocenters. The largest absolute Gasteiger partial charge is 0.490 e. The summed E-state index contributed by atoms with van der Waals surface area (Å²) < 4.78 is 21.5. The number of carbonyl (C=O) groups excluding carboxylic acids is 2. The Bertz CT molecular complexity index is 1220. The second kappa shape index (κ2) is 11.3. The Balaban J connectivity index is 1.21. The van der Waals surface area contributed by atoms with Crippen molar-refractivity contribution in [2.45, 2.75) is 38.2 Å². The summed E-state index contributed by atoms with van der Waals surface area (Å²) >= 11 is 1.61. The van der Waals surface area contributed by atoms with Gasteiger partial charge in [0.25, 0.3) is 11.8 Å². The molecule has 9 heteroatoms. The molecule has 2 amide bonds. The number of fused-ring (bicyclic) bond motifs is 1. The van der Waals surface area contributed by atoms with E-state index in [9.17, 15) is 18.8 Å². The first kappa shape index (κ1) is 24.7. The van der Waals surface area contributed by atoms with Crippen LogP contribution in [-0.4, -0.2) is 42.1 Å². The van der Waals surface area contributed by atoms with Crippen molar-refractivity contribution in [2.75, 3.05) is 13.1 Å². The third-order valence-corrected chi connectivity index (χ3v) is 7.05. The number of hydrogen-bond acceptors (Lipinski definition) is 5. The van der Waals surface area contributed by atoms with Crippen LogP contribution in [0.4, 0.5) is 4.39 Å². The molecule has 0 bridgehead atoms. The normalized spacial score (nSPS) is 17.6. The quantitative estimate of drug-likeness (QED) is 0.374. The number of benzene rings is 2. The molecule has 35 heavy (non-hydrogen) atoms. The molecule has 1 fully saturated rings. The van der Waals surface area contributed by atoms with Gasteiger partial charge in [-0.15, -0.1) is 11.3 Å². The molecule has 1 aliphatic rings. The zero-order chi connectivity index (χ0) is 24.8. The van der Waals surface area contributed by atoms with Crippen molar-refractivity contribution in [1.82, 2.24) is 10.6 Å². The lowest BCUT2D eigenvalue weighted by molar-refractivity contribution is -0.138. The van der Waals surface area contributed by atoms with Crippen LogP contribution >= 0.6 is 11.3 Å². The molecule has 0 spiro atoms. The van der Waals surface area contributed by atoms with Crippen molar-refractivity contribution in [1.29, 1.82) is 0 Å². The summed E-state index contributed by atoms with van der Waals surface area (Å²) in [5.41, 5.74) is 0.441. The highest BCUT2D eigenvalue weighted by atomic mass is 32.1. The van der Waals surface area contributed by atoms with E-state index >= 15 is 0 Å². The summed E-state index contributed by atoms with van der Waals surface area (Å²) in [5.74, 6) is -1.79. The molecule has 1 saturated carbocycles. The van der Waals surface area contributed by atoms with Crippen molar-refractivity contribution in [3.63, 3.8) is 0 Å². The number of amides is 2. The van der Waals surface area contributed by atoms with Gasteiger partial charge in [0.1, 0.15) is 11.6 Å². The van der Waals surface area contributed by atoms with E-state index in [1.54, 1.807) is 23.5 Å². The van der Waals surface area contributed by atoms with Crippen LogP contribution in [0.15, 0.2) is 47.8 Å². The molecule has 3 N–H and O–H groups in total. The van der Waals surface area contributed by atoms with Crippen molar-refractivity contribution in [3.8, 4) is 5.75 Å². The second-order valence-electron chi connectivity index (χ2n) is 8.69. The highest BCUT2D eigenvalue weighted by Crippen LogP contribution is 2.30. The number of carboxylic acids is 1. The number of rotatable bonds is 9. The summed E-state index contributed by atoms with van der Waals surface area (Å²) in [4.78, 5) is 35.5. The van der Waals surface area contributed by atoms with Gasteiger partial charge in [0.15, 0.2) is 0 Å². The molecule has 0 aliphatic heterocycles. The summed E-state index contributed by atoms with van der Waals surface area (Å²) in [6.45, 7) is 0.363. The first-order chi connectivity index (χ1) is 16.9. The second-order valence-corrected chi connectivity index (χ2v) is 9.63. The molecule has 0 saturated heterocycles. The Hall–Kier alpha value is -3.46. The Morgan fingerprint density at radius 2 is 1.71 bits per heavy atom. The lowest BCUT2D eigenvalue weighted by Gasteiger charge is -2.28. The fraction of sp³-hybridized carbons (Fsp3) is 0.346. The molecule has 2 aromatic carbocycles. The standard InChI is InChI=1S/C26H27FN2O5S/c27-22-15-20(34-19-4-1-16(2-5-19)13-24(30)31)6-7-21(22)26(33)29-11-10-28-25(32)18-3-8-23-17(14-18)9-12-35-23/h3,6-9,12,14-16,19H,1-2,4-5,10-11,13H2,(H,28,32)(H,29,33)(H,30,31). The van der Waals surface area contributed by atoms with E-state index in [4.69, 9.17) is 9.84 Å². The van der Waals surface area contributed by atoms with Crippen LogP contribution < -0.4 is 15.4 Å². The first-order valence-electron chi connectivity index (χ1n) is 11.6. The molecule has 1 aromatic heterocycles. The number of nitrogens with one attached hydrogen (secondary N) is 2. The molecule has 7 nitrogen and oxygen atoms in total. The van der Waals surface area contributed by atoms with E-state index in [0.29, 0.717) is 24.2 Å². The van der Waals surface area contributed by atoms with Gasteiger partial charge in [0, 0.05) is 35.8 Å². The molecular weight excluding hydrogens is 471 g/mol. The SMILES string of the molecule is O=C(O)CC1CCC(Oc2ccc(C(=O)NCCNC(=O)c3ccc4sccc4c3)c(F)c2)CC1. The fourth-order valence-corrected chi connectivity index (χ4v) is 5.07. The molecule has 3 aromatic rings. The van der Waals surface area contributed by atoms with E-state index in [-0.39, 0.29) is 43.0 Å². The zero-order valence-electron chi connectivity index (χ0n) is 19.1. The number of ether oxygens (including phenoxy) is 1. The van der Waals surface area contributed by atoms with Gasteiger partial charge in [0.2, 0.25) is 0 Å². The molecule has 4 rings (SSSR count). The lowest BCUT2D eigenvalue weighted by atomic mass is 9.85. The Labute approximate surface area is 206 Å². The zero-order valence-corrected chi connectivity index (χ0v) is 19.9. The van der Waals surface area contributed by atoms with Crippen LogP contribution in [-0.2, 0) is 4.79 Å². The van der Waals surface area contributed by atoms with Crippen LogP contribution in [0.2, 0.25) is 0 Å². The van der Waals surface area contributed by atoms with Gasteiger partial charge in [0.05, 0.1) is 11.7 Å². The van der Waals surface area contributed by atoms with Crippen molar-refractivity contribution in [2.24, 2.45) is 5.92 Å². The van der Waals surface area contributed by atoms with E-state index < -0.39 is 17.7 Å². The van der Waals surface area contributed by atoms with Gasteiger partial charge < -0.3 is 20.5 Å². The molecule has 1 heterocycles. The minimum atomic E-state index is -0.788. The van der Waals surface area contributed by atoms with Gasteiger partial charge in [-0.3, -0.25) is 14.4 Å². The fourth-order valence-electron chi connectivity index (χ4n) is 4.30. The average molecular weight is 499 g/mol. The minimum absolute atomic E-state index is 0.0943. The van der Waals surface area contributed by atoms with Gasteiger partial charge in [-0.25, -0.2) is 4.39 Å². The van der Waals surface area contributed by atoms with Crippen LogP contribution in [0.3, 0.4) is 0 Å². The first-order valence-corrected chi connectivity index (χ1v) is 12.5. The van der Waals surface area contributed by atoms with Crippen LogP contribution in [0, 0.1) is 11.7 Å². The van der Waals surface area contributed by atoms with E-state index in [0.717, 1.165) is 22.9 Å². The predicted molar refractivity (Wildman–Crippen MR) is 132 cm³/mol. The topological polar surface area (TPSA) is 105 Å². The summed E-state index contributed by atoms with van der Waals surface area (Å²) in [6.07, 6.45) is 3.03. The summed E-state index contributed by atoms with van der Waals surface area (Å²) in [5, 5.41) is 17.2. The monoisotopic (exact) mass is 498 g/mol. The number of aliphatic carboxylic acids is 1. The number of carboxylic acid groups (broad SMARTS) is 1. The lowest BCUT2D eigenvalue weighted by Crippen LogP contribution is -2.35. The molecule has 184 valence electrons. The predicted octanol–water partition coefficient (Wildman–Crippen LogP) is 4.61. The third-order valence-electron chi connectivity index (χ3n) is 6.16. The third kappa shape index (κ3) is 6.57. The molecule has 0 radical (unpaired) electrons. The number of thiophene rings is 1.